The van der Waals surface area contributed by atoms with Crippen molar-refractivity contribution in [3.63, 3.8) is 0 Å². The van der Waals surface area contributed by atoms with Gasteiger partial charge in [-0.15, -0.1) is 0 Å². The van der Waals surface area contributed by atoms with Crippen LogP contribution in [0.25, 0.3) is 0 Å². The van der Waals surface area contributed by atoms with Crippen LogP contribution >= 0.6 is 7.92 Å². The molecule has 86 valence electrons. The first-order valence-electron chi connectivity index (χ1n) is 5.94. The SMILES string of the molecule is C[Si]CCP(c1ccccc1)c1ccccc1. The van der Waals surface area contributed by atoms with Gasteiger partial charge in [-0.1, -0.05) is 73.3 Å². The van der Waals surface area contributed by atoms with Crippen LogP contribution in [0.5, 0.6) is 0 Å². The Bertz CT molecular complexity index is 388. The van der Waals surface area contributed by atoms with Gasteiger partial charge in [-0.25, -0.2) is 0 Å². The number of hydrogen-bond acceptors (Lipinski definition) is 0. The minimum absolute atomic E-state index is 0.150. The molecule has 0 heterocycles. The van der Waals surface area contributed by atoms with E-state index in [4.69, 9.17) is 0 Å². The van der Waals surface area contributed by atoms with Crippen LogP contribution < -0.4 is 10.6 Å². The fraction of sp³-hybridized carbons (Fsp3) is 0.200. The molecule has 0 nitrogen and oxygen atoms in total. The van der Waals surface area contributed by atoms with Crippen LogP contribution in [0.2, 0.25) is 12.6 Å². The normalized spacial score (nSPS) is 10.7. The molecule has 0 fully saturated rings. The second kappa shape index (κ2) is 6.73. The summed E-state index contributed by atoms with van der Waals surface area (Å²) in [5.74, 6) is 0. The maximum absolute atomic E-state index is 2.30. The molecule has 0 aromatic heterocycles. The molecule has 2 radical (unpaired) electrons. The molecule has 0 bridgehead atoms. The second-order valence-electron chi connectivity index (χ2n) is 3.93. The van der Waals surface area contributed by atoms with Crippen molar-refractivity contribution >= 4 is 28.1 Å². The number of hydrogen-bond donors (Lipinski definition) is 0. The van der Waals surface area contributed by atoms with E-state index in [0.29, 0.717) is 0 Å². The predicted octanol–water partition coefficient (Wildman–Crippen LogP) is 3.29. The van der Waals surface area contributed by atoms with Crippen LogP contribution in [-0.4, -0.2) is 15.7 Å². The van der Waals surface area contributed by atoms with Gasteiger partial charge in [0.25, 0.3) is 0 Å². The largest absolute Gasteiger partial charge is 0.0733 e. The van der Waals surface area contributed by atoms with Gasteiger partial charge in [-0.2, -0.15) is 0 Å². The first-order valence-corrected chi connectivity index (χ1v) is 9.17. The summed E-state index contributed by atoms with van der Waals surface area (Å²) in [5, 5.41) is 3.01. The molecule has 2 heteroatoms. The molecule has 2 rings (SSSR count). The van der Waals surface area contributed by atoms with E-state index in [1.165, 1.54) is 22.8 Å². The summed E-state index contributed by atoms with van der Waals surface area (Å²) in [6, 6.07) is 23.3. The van der Waals surface area contributed by atoms with Crippen molar-refractivity contribution in [1.29, 1.82) is 0 Å². The summed E-state index contributed by atoms with van der Waals surface area (Å²) >= 11 is 0. The highest BCUT2D eigenvalue weighted by atomic mass is 31.1. The monoisotopic (exact) mass is 256 g/mol. The average molecular weight is 256 g/mol. The summed E-state index contributed by atoms with van der Waals surface area (Å²) in [6.45, 7) is 2.30. The summed E-state index contributed by atoms with van der Waals surface area (Å²) in [7, 11) is 0.907. The zero-order valence-corrected chi connectivity index (χ0v) is 12.0. The summed E-state index contributed by atoms with van der Waals surface area (Å²) in [4.78, 5) is 0. The quantitative estimate of drug-likeness (QED) is 0.569. The van der Waals surface area contributed by atoms with Gasteiger partial charge in [0.2, 0.25) is 0 Å². The smallest absolute Gasteiger partial charge is 0.0346 e. The Morgan fingerprint density at radius 1 is 0.824 bits per heavy atom. The first kappa shape index (κ1) is 12.5. The van der Waals surface area contributed by atoms with Gasteiger partial charge < -0.3 is 0 Å². The van der Waals surface area contributed by atoms with E-state index in [2.05, 4.69) is 67.2 Å². The Morgan fingerprint density at radius 2 is 1.29 bits per heavy atom. The maximum Gasteiger partial charge on any atom is 0.0346 e. The lowest BCUT2D eigenvalue weighted by Gasteiger charge is -2.18. The van der Waals surface area contributed by atoms with Crippen LogP contribution in [-0.2, 0) is 0 Å². The van der Waals surface area contributed by atoms with Crippen LogP contribution in [0.15, 0.2) is 60.7 Å². The molecule has 0 N–H and O–H groups in total. The molecule has 0 saturated carbocycles. The Balaban J connectivity index is 2.26. The van der Waals surface area contributed by atoms with Crippen LogP contribution in [0, 0.1) is 0 Å². The van der Waals surface area contributed by atoms with Crippen molar-refractivity contribution in [3.8, 4) is 0 Å². The molecule has 0 unspecified atom stereocenters. The minimum atomic E-state index is -0.150. The molecule has 2 aromatic carbocycles. The minimum Gasteiger partial charge on any atom is -0.0733 e. The van der Waals surface area contributed by atoms with E-state index in [1.54, 1.807) is 0 Å². The van der Waals surface area contributed by atoms with Crippen molar-refractivity contribution < 1.29 is 0 Å². The van der Waals surface area contributed by atoms with E-state index in [-0.39, 0.29) is 7.92 Å². The molecular formula is C15H17PSi. The molecule has 17 heavy (non-hydrogen) atoms. The Hall–Kier alpha value is -0.913. The third-order valence-electron chi connectivity index (χ3n) is 2.72. The summed E-state index contributed by atoms with van der Waals surface area (Å²) < 4.78 is 0. The predicted molar refractivity (Wildman–Crippen MR) is 80.4 cm³/mol. The van der Waals surface area contributed by atoms with Gasteiger partial charge in [0.15, 0.2) is 0 Å². The Morgan fingerprint density at radius 3 is 1.71 bits per heavy atom. The van der Waals surface area contributed by atoms with E-state index < -0.39 is 0 Å². The van der Waals surface area contributed by atoms with E-state index in [9.17, 15) is 0 Å². The molecule has 0 aliphatic carbocycles. The van der Waals surface area contributed by atoms with Crippen LogP contribution in [0.3, 0.4) is 0 Å². The van der Waals surface area contributed by atoms with Gasteiger partial charge in [0.1, 0.15) is 0 Å². The zero-order valence-electron chi connectivity index (χ0n) is 10.1. The summed E-state index contributed by atoms with van der Waals surface area (Å²) in [6.07, 6.45) is 1.32. The number of benzene rings is 2. The van der Waals surface area contributed by atoms with E-state index >= 15 is 0 Å². The molecule has 0 aliphatic heterocycles. The summed E-state index contributed by atoms with van der Waals surface area (Å²) in [5.41, 5.74) is 0. The fourth-order valence-corrected chi connectivity index (χ4v) is 5.51. The third-order valence-corrected chi connectivity index (χ3v) is 6.41. The fourth-order valence-electron chi connectivity index (χ4n) is 1.85. The highest BCUT2D eigenvalue weighted by Gasteiger charge is 2.11. The van der Waals surface area contributed by atoms with Gasteiger partial charge >= 0.3 is 0 Å². The third kappa shape index (κ3) is 3.52. The van der Waals surface area contributed by atoms with Gasteiger partial charge in [-0.3, -0.25) is 0 Å². The van der Waals surface area contributed by atoms with Crippen molar-refractivity contribution in [2.24, 2.45) is 0 Å². The molecule has 0 spiro atoms. The Kier molecular flexibility index (Phi) is 4.97. The van der Waals surface area contributed by atoms with E-state index in [1.807, 2.05) is 0 Å². The van der Waals surface area contributed by atoms with Crippen molar-refractivity contribution in [1.82, 2.24) is 0 Å². The highest BCUT2D eigenvalue weighted by molar-refractivity contribution is 7.73. The number of rotatable bonds is 5. The topological polar surface area (TPSA) is 0 Å². The molecule has 0 aliphatic rings. The highest BCUT2D eigenvalue weighted by Crippen LogP contribution is 2.33. The molecular weight excluding hydrogens is 239 g/mol. The van der Waals surface area contributed by atoms with Gasteiger partial charge in [0, 0.05) is 9.52 Å². The van der Waals surface area contributed by atoms with Crippen LogP contribution in [0.4, 0.5) is 0 Å². The standard InChI is InChI=1S/C15H17PSi/c1-17-13-12-16(14-8-4-2-5-9-14)15-10-6-3-7-11-15/h2-11H,12-13H2,1H3. The lowest BCUT2D eigenvalue weighted by molar-refractivity contribution is 1.46. The van der Waals surface area contributed by atoms with Crippen LogP contribution in [0.1, 0.15) is 0 Å². The van der Waals surface area contributed by atoms with Gasteiger partial charge in [0.05, 0.1) is 0 Å². The second-order valence-corrected chi connectivity index (χ2v) is 7.47. The molecule has 0 atom stereocenters. The van der Waals surface area contributed by atoms with E-state index in [0.717, 1.165) is 9.52 Å². The lowest BCUT2D eigenvalue weighted by atomic mass is 10.4. The van der Waals surface area contributed by atoms with Crippen molar-refractivity contribution in [3.05, 3.63) is 60.7 Å². The zero-order chi connectivity index (χ0) is 11.9. The van der Waals surface area contributed by atoms with Gasteiger partial charge in [-0.05, 0) is 24.7 Å². The van der Waals surface area contributed by atoms with Crippen molar-refractivity contribution in [2.45, 2.75) is 12.6 Å². The maximum atomic E-state index is 2.30. The molecule has 0 saturated heterocycles. The lowest BCUT2D eigenvalue weighted by Crippen LogP contribution is -2.14. The Labute approximate surface area is 108 Å². The van der Waals surface area contributed by atoms with Crippen molar-refractivity contribution in [2.75, 3.05) is 6.16 Å². The molecule has 0 amide bonds. The average Bonchev–Trinajstić information content (AvgIpc) is 2.42. The molecule has 2 aromatic rings. The first-order chi connectivity index (χ1) is 8.42.